The summed E-state index contributed by atoms with van der Waals surface area (Å²) >= 11 is 0. The van der Waals surface area contributed by atoms with Crippen molar-refractivity contribution < 1.29 is 4.52 Å². The summed E-state index contributed by atoms with van der Waals surface area (Å²) in [5, 5.41) is 6.32. The lowest BCUT2D eigenvalue weighted by molar-refractivity contribution is 0.437. The third-order valence-corrected chi connectivity index (χ3v) is 0.777. The number of nitrogens with two attached hydrogens (primary N) is 1. The van der Waals surface area contributed by atoms with Crippen LogP contribution in [-0.4, -0.2) is 16.7 Å². The van der Waals surface area contributed by atoms with E-state index < -0.39 is 0 Å². The van der Waals surface area contributed by atoms with Crippen molar-refractivity contribution in [3.8, 4) is 0 Å². The van der Waals surface area contributed by atoms with Gasteiger partial charge in [0.1, 0.15) is 0 Å². The smallest absolute Gasteiger partial charge is 0.320 e. The molecule has 1 aromatic heterocycles. The van der Waals surface area contributed by atoms with Gasteiger partial charge in [0.05, 0.1) is 0 Å². The van der Waals surface area contributed by atoms with Gasteiger partial charge in [-0.1, -0.05) is 0 Å². The zero-order valence-electron chi connectivity index (χ0n) is 5.09. The van der Waals surface area contributed by atoms with E-state index in [1.165, 1.54) is 0 Å². The molecule has 0 amide bonds. The minimum atomic E-state index is 0.0888. The zero-order chi connectivity index (χ0) is 6.69. The number of hydrogen-bond acceptors (Lipinski definition) is 5. The highest BCUT2D eigenvalue weighted by atomic mass is 16.5. The third kappa shape index (κ3) is 1.31. The molecule has 0 fully saturated rings. The molecule has 1 heterocycles. The highest BCUT2D eigenvalue weighted by Crippen LogP contribution is 2.00. The second-order valence-corrected chi connectivity index (χ2v) is 1.49. The van der Waals surface area contributed by atoms with Crippen LogP contribution in [-0.2, 0) is 0 Å². The fraction of sp³-hybridized carbons (Fsp3) is 0.500. The highest BCUT2D eigenvalue weighted by Gasteiger charge is 1.97. The first kappa shape index (κ1) is 5.87. The molecule has 0 atom stereocenters. The Bertz CT molecular complexity index is 184. The third-order valence-electron chi connectivity index (χ3n) is 0.777. The molecule has 5 nitrogen and oxygen atoms in total. The summed E-state index contributed by atoms with van der Waals surface area (Å²) in [6, 6.07) is 0.0888. The summed E-state index contributed by atoms with van der Waals surface area (Å²) in [7, 11) is 0. The van der Waals surface area contributed by atoms with Crippen molar-refractivity contribution in [3.63, 3.8) is 0 Å². The van der Waals surface area contributed by atoms with Crippen molar-refractivity contribution in [1.82, 2.24) is 10.1 Å². The van der Waals surface area contributed by atoms with E-state index in [-0.39, 0.29) is 6.01 Å². The maximum absolute atomic E-state index is 5.13. The van der Waals surface area contributed by atoms with Crippen LogP contribution in [0.15, 0.2) is 4.52 Å². The van der Waals surface area contributed by atoms with Crippen LogP contribution in [0.5, 0.6) is 0 Å². The van der Waals surface area contributed by atoms with Crippen LogP contribution in [0.25, 0.3) is 0 Å². The number of rotatable bonds is 2. The summed E-state index contributed by atoms with van der Waals surface area (Å²) in [4.78, 5) is 3.69. The molecule has 1 aromatic rings. The Hall–Kier alpha value is -1.26. The number of nitrogens with zero attached hydrogens (tertiary/aromatic N) is 2. The van der Waals surface area contributed by atoms with Crippen LogP contribution >= 0.6 is 0 Å². The van der Waals surface area contributed by atoms with E-state index in [1.807, 2.05) is 6.92 Å². The average Bonchev–Trinajstić information content (AvgIpc) is 2.17. The summed E-state index contributed by atoms with van der Waals surface area (Å²) < 4.78 is 4.47. The van der Waals surface area contributed by atoms with Gasteiger partial charge in [0.25, 0.3) is 5.95 Å². The van der Waals surface area contributed by atoms with Gasteiger partial charge >= 0.3 is 6.01 Å². The lowest BCUT2D eigenvalue weighted by atomic mass is 10.7. The number of nitrogens with one attached hydrogen (secondary N) is 1. The van der Waals surface area contributed by atoms with Gasteiger partial charge in [0, 0.05) is 6.54 Å². The fourth-order valence-corrected chi connectivity index (χ4v) is 0.465. The normalized spacial score (nSPS) is 9.44. The van der Waals surface area contributed by atoms with Crippen molar-refractivity contribution in [1.29, 1.82) is 0 Å². The van der Waals surface area contributed by atoms with Crippen LogP contribution in [0.4, 0.5) is 12.0 Å². The molecule has 0 aliphatic heterocycles. The van der Waals surface area contributed by atoms with Crippen LogP contribution in [0, 0.1) is 0 Å². The molecule has 0 aliphatic carbocycles. The molecule has 0 aromatic carbocycles. The van der Waals surface area contributed by atoms with E-state index in [0.29, 0.717) is 5.95 Å². The molecular formula is C4H8N4O. The van der Waals surface area contributed by atoms with Gasteiger partial charge in [-0.2, -0.15) is 4.98 Å². The van der Waals surface area contributed by atoms with E-state index in [0.717, 1.165) is 6.54 Å². The summed E-state index contributed by atoms with van der Waals surface area (Å²) in [5.74, 6) is 0.440. The molecule has 0 bridgehead atoms. The van der Waals surface area contributed by atoms with Crippen molar-refractivity contribution in [2.45, 2.75) is 6.92 Å². The molecule has 1 rings (SSSR count). The standard InChI is InChI=1S/C4H8N4O/c1-2-6-4-7-3(5)9-8-4/h2H2,1H3,(H3,5,6,7,8). The molecule has 0 spiro atoms. The van der Waals surface area contributed by atoms with Crippen molar-refractivity contribution in [2.75, 3.05) is 17.6 Å². The predicted molar refractivity (Wildman–Crippen MR) is 32.9 cm³/mol. The quantitative estimate of drug-likeness (QED) is 0.590. The summed E-state index contributed by atoms with van der Waals surface area (Å²) in [5.41, 5.74) is 5.13. The van der Waals surface area contributed by atoms with E-state index in [2.05, 4.69) is 20.0 Å². The summed E-state index contributed by atoms with van der Waals surface area (Å²) in [6.07, 6.45) is 0. The van der Waals surface area contributed by atoms with Gasteiger partial charge in [0.15, 0.2) is 0 Å². The van der Waals surface area contributed by atoms with Gasteiger partial charge in [-0.3, -0.25) is 0 Å². The van der Waals surface area contributed by atoms with Crippen LogP contribution in [0.1, 0.15) is 6.92 Å². The summed E-state index contributed by atoms with van der Waals surface area (Å²) in [6.45, 7) is 2.70. The predicted octanol–water partition coefficient (Wildman–Crippen LogP) is 0.0836. The molecule has 0 saturated heterocycles. The van der Waals surface area contributed by atoms with Crippen molar-refractivity contribution in [3.05, 3.63) is 0 Å². The van der Waals surface area contributed by atoms with Crippen LogP contribution in [0.2, 0.25) is 0 Å². The number of hydrogen-bond donors (Lipinski definition) is 2. The second-order valence-electron chi connectivity index (χ2n) is 1.49. The lowest BCUT2D eigenvalue weighted by Gasteiger charge is -1.88. The van der Waals surface area contributed by atoms with Gasteiger partial charge < -0.3 is 15.6 Å². The minimum Gasteiger partial charge on any atom is -0.352 e. The average molecular weight is 128 g/mol. The highest BCUT2D eigenvalue weighted by molar-refractivity contribution is 5.26. The Kier molecular flexibility index (Phi) is 1.53. The van der Waals surface area contributed by atoms with E-state index in [4.69, 9.17) is 5.73 Å². The first-order valence-corrected chi connectivity index (χ1v) is 2.66. The SMILES string of the molecule is CCNc1noc(N)n1. The molecule has 0 aliphatic rings. The Morgan fingerprint density at radius 2 is 2.56 bits per heavy atom. The molecule has 50 valence electrons. The van der Waals surface area contributed by atoms with Gasteiger partial charge in [-0.25, -0.2) is 0 Å². The molecule has 0 radical (unpaired) electrons. The first-order chi connectivity index (χ1) is 4.33. The number of anilines is 2. The Balaban J connectivity index is 2.61. The fourth-order valence-electron chi connectivity index (χ4n) is 0.465. The van der Waals surface area contributed by atoms with Crippen LogP contribution < -0.4 is 11.1 Å². The Morgan fingerprint density at radius 3 is 3.00 bits per heavy atom. The number of nitrogen functional groups attached to an aromatic ring is 1. The van der Waals surface area contributed by atoms with Gasteiger partial charge in [0.2, 0.25) is 0 Å². The maximum Gasteiger partial charge on any atom is 0.320 e. The molecule has 0 unspecified atom stereocenters. The van der Waals surface area contributed by atoms with Crippen LogP contribution in [0.3, 0.4) is 0 Å². The van der Waals surface area contributed by atoms with Gasteiger partial charge in [-0.05, 0) is 12.1 Å². The van der Waals surface area contributed by atoms with Crippen molar-refractivity contribution in [2.24, 2.45) is 0 Å². The Morgan fingerprint density at radius 1 is 1.78 bits per heavy atom. The van der Waals surface area contributed by atoms with Crippen molar-refractivity contribution >= 4 is 12.0 Å². The monoisotopic (exact) mass is 128 g/mol. The second kappa shape index (κ2) is 2.34. The van der Waals surface area contributed by atoms with E-state index in [9.17, 15) is 0 Å². The van der Waals surface area contributed by atoms with E-state index >= 15 is 0 Å². The largest absolute Gasteiger partial charge is 0.352 e. The van der Waals surface area contributed by atoms with Gasteiger partial charge in [-0.15, -0.1) is 0 Å². The molecule has 9 heavy (non-hydrogen) atoms. The lowest BCUT2D eigenvalue weighted by Crippen LogP contribution is -1.97. The Labute approximate surface area is 52.2 Å². The topological polar surface area (TPSA) is 77.0 Å². The number of aromatic nitrogens is 2. The molecule has 3 N–H and O–H groups in total. The molecular weight excluding hydrogens is 120 g/mol. The molecule has 5 heteroatoms. The van der Waals surface area contributed by atoms with E-state index in [1.54, 1.807) is 0 Å². The minimum absolute atomic E-state index is 0.0888. The maximum atomic E-state index is 5.13. The molecule has 0 saturated carbocycles. The first-order valence-electron chi connectivity index (χ1n) is 2.66. The zero-order valence-corrected chi connectivity index (χ0v) is 5.09.